The van der Waals surface area contributed by atoms with Crippen LogP contribution >= 0.6 is 11.8 Å². The quantitative estimate of drug-likeness (QED) is 0.158. The van der Waals surface area contributed by atoms with E-state index in [1.54, 1.807) is 11.8 Å². The molecule has 6 heteroatoms. The van der Waals surface area contributed by atoms with Crippen molar-refractivity contribution in [3.8, 4) is 11.1 Å². The number of carbonyl (C=O) groups excluding carboxylic acids is 1. The fourth-order valence-corrected chi connectivity index (χ4v) is 6.27. The smallest absolute Gasteiger partial charge is 0.251 e. The molecule has 1 fully saturated rings. The number of hydrogen-bond acceptors (Lipinski definition) is 5. The summed E-state index contributed by atoms with van der Waals surface area (Å²) in [6.45, 7) is 0.453. The van der Waals surface area contributed by atoms with Gasteiger partial charge in [0.05, 0.1) is 18.8 Å². The standard InChI is InChI=1S/C38H35NO4S/c40-25-27-17-19-29(20-18-27)36-23-34(26-44-35-15-5-2-6-16-35)42-38(43-36)33-14-8-13-32(22-33)31-12-7-9-28(21-31)24-39-37(41)30-10-3-1-4-11-30/h1-22,34,36,38,40H,23-26H2,(H,39,41)/t34-,36+,38+/m1/s1. The van der Waals surface area contributed by atoms with Gasteiger partial charge in [-0.3, -0.25) is 4.79 Å². The third kappa shape index (κ3) is 7.65. The van der Waals surface area contributed by atoms with E-state index in [0.29, 0.717) is 12.1 Å². The number of benzene rings is 5. The maximum Gasteiger partial charge on any atom is 0.251 e. The topological polar surface area (TPSA) is 67.8 Å². The zero-order chi connectivity index (χ0) is 30.1. The van der Waals surface area contributed by atoms with E-state index in [1.807, 2.05) is 78.9 Å². The molecular formula is C38H35NO4S. The third-order valence-electron chi connectivity index (χ3n) is 7.70. The Morgan fingerprint density at radius 3 is 2.18 bits per heavy atom. The van der Waals surface area contributed by atoms with Crippen LogP contribution in [0.25, 0.3) is 11.1 Å². The number of hydrogen-bond donors (Lipinski definition) is 2. The van der Waals surface area contributed by atoms with Gasteiger partial charge in [0.25, 0.3) is 5.91 Å². The molecule has 2 N–H and O–H groups in total. The zero-order valence-corrected chi connectivity index (χ0v) is 25.2. The van der Waals surface area contributed by atoms with Crippen molar-refractivity contribution in [2.24, 2.45) is 0 Å². The van der Waals surface area contributed by atoms with Crippen molar-refractivity contribution in [3.63, 3.8) is 0 Å². The predicted octanol–water partition coefficient (Wildman–Crippen LogP) is 8.11. The highest BCUT2D eigenvalue weighted by molar-refractivity contribution is 7.99. The van der Waals surface area contributed by atoms with Crippen molar-refractivity contribution < 1.29 is 19.4 Å². The minimum absolute atomic E-state index is 0.0123. The molecule has 1 saturated heterocycles. The largest absolute Gasteiger partial charge is 0.392 e. The number of ether oxygens (including phenoxy) is 2. The Morgan fingerprint density at radius 1 is 0.727 bits per heavy atom. The molecule has 5 nitrogen and oxygen atoms in total. The van der Waals surface area contributed by atoms with Crippen molar-refractivity contribution in [2.75, 3.05) is 5.75 Å². The normalized spacial score (nSPS) is 18.1. The van der Waals surface area contributed by atoms with Gasteiger partial charge in [-0.1, -0.05) is 97.1 Å². The van der Waals surface area contributed by atoms with Crippen LogP contribution in [0.2, 0.25) is 0 Å². The average Bonchev–Trinajstić information content (AvgIpc) is 3.10. The summed E-state index contributed by atoms with van der Waals surface area (Å²) in [6.07, 6.45) is 0.0660. The van der Waals surface area contributed by atoms with Crippen LogP contribution in [0, 0.1) is 0 Å². The molecule has 0 unspecified atom stereocenters. The van der Waals surface area contributed by atoms with Crippen LogP contribution in [0.3, 0.4) is 0 Å². The first kappa shape index (κ1) is 29.9. The van der Waals surface area contributed by atoms with Crippen LogP contribution in [-0.2, 0) is 22.6 Å². The van der Waals surface area contributed by atoms with Gasteiger partial charge in [-0.05, 0) is 64.2 Å². The van der Waals surface area contributed by atoms with Gasteiger partial charge in [0, 0.05) is 34.7 Å². The van der Waals surface area contributed by atoms with Crippen molar-refractivity contribution in [1.29, 1.82) is 0 Å². The Hall–Kier alpha value is -4.20. The van der Waals surface area contributed by atoms with Gasteiger partial charge in [-0.15, -0.1) is 11.8 Å². The number of rotatable bonds is 10. The molecule has 0 radical (unpaired) electrons. The third-order valence-corrected chi connectivity index (χ3v) is 8.85. The molecule has 6 rings (SSSR count). The number of carbonyl (C=O) groups is 1. The molecule has 3 atom stereocenters. The van der Waals surface area contributed by atoms with Crippen LogP contribution in [0.4, 0.5) is 0 Å². The molecule has 1 heterocycles. The van der Waals surface area contributed by atoms with E-state index in [9.17, 15) is 9.90 Å². The first-order valence-corrected chi connectivity index (χ1v) is 15.8. The van der Waals surface area contributed by atoms with Gasteiger partial charge in [0.15, 0.2) is 6.29 Å². The van der Waals surface area contributed by atoms with Crippen molar-refractivity contribution in [1.82, 2.24) is 5.32 Å². The monoisotopic (exact) mass is 601 g/mol. The SMILES string of the molecule is O=C(NCc1cccc(-c2cccc([C@H]3O[C@@H](CSc4ccccc4)C[C@@H](c4ccc(CO)cc4)O3)c2)c1)c1ccccc1. The maximum absolute atomic E-state index is 12.6. The highest BCUT2D eigenvalue weighted by Crippen LogP contribution is 2.40. The van der Waals surface area contributed by atoms with E-state index >= 15 is 0 Å². The zero-order valence-electron chi connectivity index (χ0n) is 24.3. The highest BCUT2D eigenvalue weighted by atomic mass is 32.2. The lowest BCUT2D eigenvalue weighted by molar-refractivity contribution is -0.245. The minimum Gasteiger partial charge on any atom is -0.392 e. The van der Waals surface area contributed by atoms with Gasteiger partial charge in [-0.2, -0.15) is 0 Å². The molecule has 0 saturated carbocycles. The van der Waals surface area contributed by atoms with Crippen LogP contribution in [0.1, 0.15) is 51.4 Å². The van der Waals surface area contributed by atoms with Crippen LogP contribution in [0.5, 0.6) is 0 Å². The maximum atomic E-state index is 12.6. The molecule has 0 bridgehead atoms. The van der Waals surface area contributed by atoms with Gasteiger partial charge in [-0.25, -0.2) is 0 Å². The summed E-state index contributed by atoms with van der Waals surface area (Å²) in [5.74, 6) is 0.719. The number of thioether (sulfide) groups is 1. The molecule has 1 amide bonds. The second-order valence-electron chi connectivity index (χ2n) is 10.8. The van der Waals surface area contributed by atoms with Gasteiger partial charge in [0.2, 0.25) is 0 Å². The highest BCUT2D eigenvalue weighted by Gasteiger charge is 2.32. The molecular weight excluding hydrogens is 566 g/mol. The first-order chi connectivity index (χ1) is 21.6. The molecule has 1 aliphatic heterocycles. The molecule has 0 aliphatic carbocycles. The fourth-order valence-electron chi connectivity index (χ4n) is 5.33. The van der Waals surface area contributed by atoms with E-state index in [4.69, 9.17) is 9.47 Å². The number of aliphatic hydroxyl groups is 1. The van der Waals surface area contributed by atoms with E-state index in [0.717, 1.165) is 45.6 Å². The van der Waals surface area contributed by atoms with Crippen molar-refractivity contribution in [2.45, 2.75) is 43.0 Å². The molecule has 5 aromatic rings. The molecule has 0 aromatic heterocycles. The molecule has 222 valence electrons. The van der Waals surface area contributed by atoms with E-state index in [1.165, 1.54) is 4.90 Å². The summed E-state index contributed by atoms with van der Waals surface area (Å²) in [6, 6.07) is 44.1. The second-order valence-corrected chi connectivity index (χ2v) is 11.9. The summed E-state index contributed by atoms with van der Waals surface area (Å²) in [4.78, 5) is 13.8. The Bertz CT molecular complexity index is 1660. The Kier molecular flexibility index (Phi) is 9.85. The average molecular weight is 602 g/mol. The predicted molar refractivity (Wildman–Crippen MR) is 175 cm³/mol. The van der Waals surface area contributed by atoms with Crippen LogP contribution in [-0.4, -0.2) is 22.9 Å². The lowest BCUT2D eigenvalue weighted by atomic mass is 9.99. The Morgan fingerprint density at radius 2 is 1.43 bits per heavy atom. The fraction of sp³-hybridized carbons (Fsp3) is 0.184. The Labute approximate surface area is 262 Å². The molecule has 0 spiro atoms. The van der Waals surface area contributed by atoms with Gasteiger partial charge >= 0.3 is 0 Å². The number of nitrogens with one attached hydrogen (secondary N) is 1. The van der Waals surface area contributed by atoms with Crippen LogP contribution < -0.4 is 5.32 Å². The summed E-state index contributed by atoms with van der Waals surface area (Å²) >= 11 is 1.79. The molecule has 5 aromatic carbocycles. The summed E-state index contributed by atoms with van der Waals surface area (Å²) in [5, 5.41) is 12.5. The minimum atomic E-state index is -0.527. The lowest BCUT2D eigenvalue weighted by Crippen LogP contribution is -2.31. The van der Waals surface area contributed by atoms with Gasteiger partial charge < -0.3 is 19.9 Å². The molecule has 44 heavy (non-hydrogen) atoms. The van der Waals surface area contributed by atoms with Gasteiger partial charge in [0.1, 0.15) is 0 Å². The van der Waals surface area contributed by atoms with E-state index in [-0.39, 0.29) is 24.7 Å². The van der Waals surface area contributed by atoms with E-state index in [2.05, 4.69) is 59.9 Å². The number of aliphatic hydroxyl groups excluding tert-OH is 1. The lowest BCUT2D eigenvalue weighted by Gasteiger charge is -2.36. The van der Waals surface area contributed by atoms with Crippen molar-refractivity contribution >= 4 is 17.7 Å². The molecule has 1 aliphatic rings. The first-order valence-electron chi connectivity index (χ1n) is 14.9. The van der Waals surface area contributed by atoms with Crippen molar-refractivity contribution in [3.05, 3.63) is 161 Å². The Balaban J connectivity index is 1.20. The second kappa shape index (κ2) is 14.5. The van der Waals surface area contributed by atoms with E-state index < -0.39 is 6.29 Å². The summed E-state index contributed by atoms with van der Waals surface area (Å²) in [7, 11) is 0. The summed E-state index contributed by atoms with van der Waals surface area (Å²) in [5.41, 5.74) is 6.68. The van der Waals surface area contributed by atoms with Crippen LogP contribution in [0.15, 0.2) is 138 Å². The number of amides is 1. The summed E-state index contributed by atoms with van der Waals surface area (Å²) < 4.78 is 13.2.